The summed E-state index contributed by atoms with van der Waals surface area (Å²) >= 11 is 0. The first kappa shape index (κ1) is 8.59. The topological polar surface area (TPSA) is 43.1 Å². The van der Waals surface area contributed by atoms with Crippen LogP contribution in [0.5, 0.6) is 0 Å². The third-order valence-electron chi connectivity index (χ3n) is 2.87. The molecule has 0 N–H and O–H groups in total. The first-order chi connectivity index (χ1) is 7.38. The molecular formula is C11H12N4. The van der Waals surface area contributed by atoms with Crippen molar-refractivity contribution in [2.75, 3.05) is 0 Å². The minimum absolute atomic E-state index is 0.700. The summed E-state index contributed by atoms with van der Waals surface area (Å²) in [4.78, 5) is 4.52. The van der Waals surface area contributed by atoms with Gasteiger partial charge in [0.15, 0.2) is 0 Å². The fraction of sp³-hybridized carbons (Fsp3) is 0.364. The standard InChI is InChI=1S/C11H12N4/c1-2-8-4-3-5-10-9(8)6-15-7-12-14-11(15)13-10/h4,6-7H,2-3,5H2,1H3. The van der Waals surface area contributed by atoms with E-state index in [1.807, 2.05) is 4.40 Å². The van der Waals surface area contributed by atoms with E-state index in [9.17, 15) is 0 Å². The number of hydrogen-bond donors (Lipinski definition) is 0. The lowest BCUT2D eigenvalue weighted by atomic mass is 9.94. The van der Waals surface area contributed by atoms with Crippen LogP contribution in [-0.2, 0) is 6.42 Å². The van der Waals surface area contributed by atoms with E-state index in [-0.39, 0.29) is 0 Å². The first-order valence-electron chi connectivity index (χ1n) is 5.27. The van der Waals surface area contributed by atoms with Crippen LogP contribution in [-0.4, -0.2) is 19.6 Å². The van der Waals surface area contributed by atoms with Crippen molar-refractivity contribution in [1.29, 1.82) is 0 Å². The molecule has 0 radical (unpaired) electrons. The Kier molecular flexibility index (Phi) is 1.80. The molecule has 0 fully saturated rings. The summed E-state index contributed by atoms with van der Waals surface area (Å²) in [5, 5.41) is 7.81. The summed E-state index contributed by atoms with van der Waals surface area (Å²) in [7, 11) is 0. The Bertz CT molecular complexity index is 539. The van der Waals surface area contributed by atoms with Gasteiger partial charge in [-0.2, -0.15) is 0 Å². The van der Waals surface area contributed by atoms with Gasteiger partial charge in [-0.05, 0) is 24.8 Å². The molecule has 0 aliphatic heterocycles. The van der Waals surface area contributed by atoms with Crippen LogP contribution in [0.2, 0.25) is 0 Å². The van der Waals surface area contributed by atoms with Gasteiger partial charge in [-0.3, -0.25) is 4.40 Å². The van der Waals surface area contributed by atoms with Gasteiger partial charge in [-0.15, -0.1) is 10.2 Å². The molecule has 15 heavy (non-hydrogen) atoms. The maximum atomic E-state index is 4.52. The fourth-order valence-electron chi connectivity index (χ4n) is 2.09. The van der Waals surface area contributed by atoms with Crippen molar-refractivity contribution >= 4 is 11.4 Å². The van der Waals surface area contributed by atoms with Crippen LogP contribution in [0, 0.1) is 0 Å². The zero-order valence-electron chi connectivity index (χ0n) is 8.64. The van der Waals surface area contributed by atoms with Gasteiger partial charge < -0.3 is 0 Å². The molecule has 4 heteroatoms. The van der Waals surface area contributed by atoms with Crippen molar-refractivity contribution in [3.8, 4) is 0 Å². The molecule has 2 heterocycles. The monoisotopic (exact) mass is 200 g/mol. The molecule has 0 unspecified atom stereocenters. The molecule has 0 bridgehead atoms. The second kappa shape index (κ2) is 3.15. The van der Waals surface area contributed by atoms with Gasteiger partial charge in [0.25, 0.3) is 5.78 Å². The van der Waals surface area contributed by atoms with Crippen molar-refractivity contribution in [1.82, 2.24) is 19.6 Å². The van der Waals surface area contributed by atoms with Crippen molar-refractivity contribution in [2.24, 2.45) is 0 Å². The van der Waals surface area contributed by atoms with Crippen molar-refractivity contribution in [2.45, 2.75) is 26.2 Å². The van der Waals surface area contributed by atoms with Crippen LogP contribution in [0.3, 0.4) is 0 Å². The number of nitrogens with zero attached hydrogens (tertiary/aromatic N) is 4. The molecule has 0 amide bonds. The number of aromatic nitrogens is 4. The van der Waals surface area contributed by atoms with Crippen molar-refractivity contribution < 1.29 is 0 Å². The lowest BCUT2D eigenvalue weighted by molar-refractivity contribution is 0.892. The van der Waals surface area contributed by atoms with Crippen molar-refractivity contribution in [3.63, 3.8) is 0 Å². The van der Waals surface area contributed by atoms with E-state index in [0.717, 1.165) is 25.0 Å². The number of aryl methyl sites for hydroxylation is 1. The van der Waals surface area contributed by atoms with Gasteiger partial charge >= 0.3 is 0 Å². The number of hydrogen-bond acceptors (Lipinski definition) is 3. The van der Waals surface area contributed by atoms with Crippen LogP contribution in [0.1, 0.15) is 31.0 Å². The normalized spacial score (nSPS) is 15.1. The predicted octanol–water partition coefficient (Wildman–Crippen LogP) is 1.86. The van der Waals surface area contributed by atoms with Gasteiger partial charge in [-0.1, -0.05) is 13.0 Å². The zero-order valence-corrected chi connectivity index (χ0v) is 8.64. The number of allylic oxidation sites excluding steroid dienone is 2. The quantitative estimate of drug-likeness (QED) is 0.705. The van der Waals surface area contributed by atoms with Gasteiger partial charge in [0, 0.05) is 11.8 Å². The summed E-state index contributed by atoms with van der Waals surface area (Å²) in [6.45, 7) is 2.18. The molecule has 0 spiro atoms. The van der Waals surface area contributed by atoms with E-state index in [2.05, 4.69) is 34.4 Å². The maximum absolute atomic E-state index is 4.52. The van der Waals surface area contributed by atoms with E-state index in [1.54, 1.807) is 6.33 Å². The highest BCUT2D eigenvalue weighted by atomic mass is 15.3. The molecule has 0 atom stereocenters. The Morgan fingerprint density at radius 3 is 3.27 bits per heavy atom. The smallest absolute Gasteiger partial charge is 0.255 e. The Morgan fingerprint density at radius 1 is 1.47 bits per heavy atom. The maximum Gasteiger partial charge on any atom is 0.255 e. The lowest BCUT2D eigenvalue weighted by Crippen LogP contribution is -2.05. The van der Waals surface area contributed by atoms with Gasteiger partial charge in [0.2, 0.25) is 0 Å². The summed E-state index contributed by atoms with van der Waals surface area (Å²) < 4.78 is 1.88. The van der Waals surface area contributed by atoms with E-state index in [0.29, 0.717) is 5.78 Å². The van der Waals surface area contributed by atoms with Crippen LogP contribution >= 0.6 is 0 Å². The Balaban J connectivity index is 2.27. The summed E-state index contributed by atoms with van der Waals surface area (Å²) in [6.07, 6.45) is 9.26. The third kappa shape index (κ3) is 1.25. The second-order valence-corrected chi connectivity index (χ2v) is 3.76. The van der Waals surface area contributed by atoms with Crippen LogP contribution < -0.4 is 0 Å². The second-order valence-electron chi connectivity index (χ2n) is 3.76. The minimum Gasteiger partial charge on any atom is -0.272 e. The SMILES string of the molecule is CCC1=CCCc2nc3nncn3cc21. The summed E-state index contributed by atoms with van der Waals surface area (Å²) in [5.41, 5.74) is 3.81. The van der Waals surface area contributed by atoms with E-state index >= 15 is 0 Å². The molecule has 76 valence electrons. The number of fused-ring (bicyclic) bond motifs is 2. The molecule has 2 aromatic heterocycles. The lowest BCUT2D eigenvalue weighted by Gasteiger charge is -2.15. The van der Waals surface area contributed by atoms with Crippen LogP contribution in [0.15, 0.2) is 18.6 Å². The molecule has 0 saturated heterocycles. The Hall–Kier alpha value is -1.71. The summed E-state index contributed by atoms with van der Waals surface area (Å²) in [6, 6.07) is 0. The van der Waals surface area contributed by atoms with Gasteiger partial charge in [0.05, 0.1) is 5.69 Å². The highest BCUT2D eigenvalue weighted by Gasteiger charge is 2.14. The highest BCUT2D eigenvalue weighted by Crippen LogP contribution is 2.27. The third-order valence-corrected chi connectivity index (χ3v) is 2.87. The van der Waals surface area contributed by atoms with E-state index < -0.39 is 0 Å². The fourth-order valence-corrected chi connectivity index (χ4v) is 2.09. The average Bonchev–Trinajstić information content (AvgIpc) is 2.72. The molecule has 3 rings (SSSR count). The molecule has 1 aliphatic carbocycles. The van der Waals surface area contributed by atoms with Gasteiger partial charge in [-0.25, -0.2) is 4.98 Å². The Morgan fingerprint density at radius 2 is 2.40 bits per heavy atom. The van der Waals surface area contributed by atoms with E-state index in [4.69, 9.17) is 0 Å². The first-order valence-corrected chi connectivity index (χ1v) is 5.27. The molecule has 2 aromatic rings. The molecular weight excluding hydrogens is 188 g/mol. The van der Waals surface area contributed by atoms with Gasteiger partial charge in [0.1, 0.15) is 6.33 Å². The van der Waals surface area contributed by atoms with Crippen molar-refractivity contribution in [3.05, 3.63) is 29.9 Å². The number of rotatable bonds is 1. The average molecular weight is 200 g/mol. The highest BCUT2D eigenvalue weighted by molar-refractivity contribution is 5.68. The molecule has 1 aliphatic rings. The molecule has 0 aromatic carbocycles. The minimum atomic E-state index is 0.700. The molecule has 0 saturated carbocycles. The Labute approximate surface area is 87.7 Å². The van der Waals surface area contributed by atoms with Crippen LogP contribution in [0.25, 0.3) is 11.4 Å². The zero-order chi connectivity index (χ0) is 10.3. The predicted molar refractivity (Wildman–Crippen MR) is 57.4 cm³/mol. The molecule has 4 nitrogen and oxygen atoms in total. The summed E-state index contributed by atoms with van der Waals surface area (Å²) in [5.74, 6) is 0.700. The van der Waals surface area contributed by atoms with E-state index in [1.165, 1.54) is 11.1 Å². The van der Waals surface area contributed by atoms with Crippen LogP contribution in [0.4, 0.5) is 0 Å². The largest absolute Gasteiger partial charge is 0.272 e.